The lowest BCUT2D eigenvalue weighted by Crippen LogP contribution is -2.56. The molecule has 2 rings (SSSR count). The average Bonchev–Trinajstić information content (AvgIpc) is 2.58. The fourth-order valence-electron chi connectivity index (χ4n) is 2.98. The summed E-state index contributed by atoms with van der Waals surface area (Å²) in [4.78, 5) is 36.4. The van der Waals surface area contributed by atoms with Crippen LogP contribution in [0.25, 0.3) is 0 Å². The van der Waals surface area contributed by atoms with Gasteiger partial charge in [0.25, 0.3) is 5.91 Å². The van der Waals surface area contributed by atoms with Crippen molar-refractivity contribution in [1.29, 1.82) is 0 Å². The maximum absolute atomic E-state index is 12.3. The molecular formula is C18H29N5O2. The number of nitrogens with zero attached hydrogens (tertiary/aromatic N) is 4. The molecule has 2 heterocycles. The molecule has 0 bridgehead atoms. The highest BCUT2D eigenvalue weighted by Gasteiger charge is 2.36. The average molecular weight is 347 g/mol. The number of hydrogen-bond acceptors (Lipinski definition) is 5. The second kappa shape index (κ2) is 9.46. The maximum Gasteiger partial charge on any atom is 0.274 e. The molecule has 7 heteroatoms. The van der Waals surface area contributed by atoms with E-state index < -0.39 is 0 Å². The van der Waals surface area contributed by atoms with Crippen molar-refractivity contribution in [2.45, 2.75) is 39.7 Å². The van der Waals surface area contributed by atoms with Gasteiger partial charge in [-0.2, -0.15) is 0 Å². The number of likely N-dealkylation sites (tertiary alicyclic amines) is 1. The first-order valence-corrected chi connectivity index (χ1v) is 9.13. The minimum atomic E-state index is -0.163. The fourth-order valence-corrected chi connectivity index (χ4v) is 2.98. The Kier molecular flexibility index (Phi) is 7.31. The zero-order valence-electron chi connectivity index (χ0n) is 15.4. The minimum Gasteiger partial charge on any atom is -0.353 e. The number of amides is 2. The Labute approximate surface area is 149 Å². The quantitative estimate of drug-likeness (QED) is 0.726. The van der Waals surface area contributed by atoms with Crippen LogP contribution in [-0.2, 0) is 4.79 Å². The molecule has 1 aromatic heterocycles. The van der Waals surface area contributed by atoms with E-state index in [0.29, 0.717) is 18.8 Å². The highest BCUT2D eigenvalue weighted by atomic mass is 16.2. The number of carbonyl (C=O) groups is 2. The third kappa shape index (κ3) is 5.49. The van der Waals surface area contributed by atoms with Crippen molar-refractivity contribution in [2.75, 3.05) is 32.7 Å². The van der Waals surface area contributed by atoms with Crippen molar-refractivity contribution in [2.24, 2.45) is 5.92 Å². The van der Waals surface area contributed by atoms with Crippen LogP contribution in [0.2, 0.25) is 0 Å². The van der Waals surface area contributed by atoms with E-state index >= 15 is 0 Å². The molecule has 1 fully saturated rings. The molecule has 2 amide bonds. The van der Waals surface area contributed by atoms with Crippen molar-refractivity contribution >= 4 is 11.8 Å². The van der Waals surface area contributed by atoms with Gasteiger partial charge in [-0.3, -0.25) is 14.6 Å². The van der Waals surface area contributed by atoms with Crippen molar-refractivity contribution in [3.05, 3.63) is 24.3 Å². The number of hydrogen-bond donors (Lipinski definition) is 1. The van der Waals surface area contributed by atoms with Crippen molar-refractivity contribution in [1.82, 2.24) is 25.1 Å². The highest BCUT2D eigenvalue weighted by molar-refractivity contribution is 5.94. The van der Waals surface area contributed by atoms with Crippen LogP contribution in [0.4, 0.5) is 0 Å². The first-order chi connectivity index (χ1) is 12.0. The van der Waals surface area contributed by atoms with Crippen LogP contribution in [0.1, 0.15) is 44.1 Å². The third-order valence-corrected chi connectivity index (χ3v) is 4.72. The molecule has 25 heavy (non-hydrogen) atoms. The molecule has 1 aromatic rings. The standard InChI is InChI=1S/C18H29N5O2/c1-4-22(5-2)10-6-7-14(3)21-17(24)15-12-23(13-15)18(25)16-11-19-8-9-20-16/h8-9,11,14-15H,4-7,10,12-13H2,1-3H3,(H,21,24). The lowest BCUT2D eigenvalue weighted by atomic mass is 9.98. The SMILES string of the molecule is CCN(CC)CCCC(C)NC(=O)C1CN(C(=O)c2cnccn2)C1. The molecule has 0 saturated carbocycles. The van der Waals surface area contributed by atoms with Crippen LogP contribution in [0.3, 0.4) is 0 Å². The lowest BCUT2D eigenvalue weighted by molar-refractivity contribution is -0.129. The largest absolute Gasteiger partial charge is 0.353 e. The van der Waals surface area contributed by atoms with E-state index in [1.165, 1.54) is 18.6 Å². The molecule has 0 aliphatic carbocycles. The smallest absolute Gasteiger partial charge is 0.274 e. The van der Waals surface area contributed by atoms with E-state index in [4.69, 9.17) is 0 Å². The minimum absolute atomic E-state index is 0.0403. The highest BCUT2D eigenvalue weighted by Crippen LogP contribution is 2.18. The maximum atomic E-state index is 12.3. The van der Waals surface area contributed by atoms with Gasteiger partial charge in [-0.25, -0.2) is 4.98 Å². The topological polar surface area (TPSA) is 78.4 Å². The predicted octanol–water partition coefficient (Wildman–Crippen LogP) is 1.18. The van der Waals surface area contributed by atoms with Gasteiger partial charge in [-0.05, 0) is 39.4 Å². The van der Waals surface area contributed by atoms with Crippen LogP contribution >= 0.6 is 0 Å². The zero-order valence-corrected chi connectivity index (χ0v) is 15.4. The molecule has 0 spiro atoms. The number of aromatic nitrogens is 2. The molecule has 1 aliphatic heterocycles. The van der Waals surface area contributed by atoms with Gasteiger partial charge in [0, 0.05) is 31.5 Å². The summed E-state index contributed by atoms with van der Waals surface area (Å²) >= 11 is 0. The first-order valence-electron chi connectivity index (χ1n) is 9.13. The normalized spacial score (nSPS) is 15.8. The number of nitrogens with one attached hydrogen (secondary N) is 1. The molecule has 1 aliphatic rings. The van der Waals surface area contributed by atoms with Crippen LogP contribution in [-0.4, -0.2) is 70.3 Å². The molecular weight excluding hydrogens is 318 g/mol. The summed E-state index contributed by atoms with van der Waals surface area (Å²) in [5.74, 6) is -0.242. The summed E-state index contributed by atoms with van der Waals surface area (Å²) in [5.41, 5.74) is 0.325. The van der Waals surface area contributed by atoms with Gasteiger partial charge in [-0.1, -0.05) is 13.8 Å². The van der Waals surface area contributed by atoms with E-state index in [2.05, 4.69) is 34.0 Å². The Hall–Kier alpha value is -2.02. The third-order valence-electron chi connectivity index (χ3n) is 4.72. The lowest BCUT2D eigenvalue weighted by Gasteiger charge is -2.38. The van der Waals surface area contributed by atoms with Crippen molar-refractivity contribution < 1.29 is 9.59 Å². The van der Waals surface area contributed by atoms with Crippen LogP contribution in [0, 0.1) is 5.92 Å². The Morgan fingerprint density at radius 2 is 2.04 bits per heavy atom. The molecule has 1 N–H and O–H groups in total. The van der Waals surface area contributed by atoms with Gasteiger partial charge in [0.1, 0.15) is 5.69 Å². The number of carbonyl (C=O) groups excluding carboxylic acids is 2. The summed E-state index contributed by atoms with van der Waals surface area (Å²) in [6, 6.07) is 0.160. The van der Waals surface area contributed by atoms with Gasteiger partial charge in [0.15, 0.2) is 0 Å². The number of rotatable bonds is 9. The molecule has 7 nitrogen and oxygen atoms in total. The van der Waals surface area contributed by atoms with Crippen LogP contribution < -0.4 is 5.32 Å². The second-order valence-corrected chi connectivity index (χ2v) is 6.58. The van der Waals surface area contributed by atoms with Crippen molar-refractivity contribution in [3.63, 3.8) is 0 Å². The van der Waals surface area contributed by atoms with Gasteiger partial charge in [-0.15, -0.1) is 0 Å². The Morgan fingerprint density at radius 1 is 1.32 bits per heavy atom. The first kappa shape index (κ1) is 19.3. The van der Waals surface area contributed by atoms with Crippen molar-refractivity contribution in [3.8, 4) is 0 Å². The van der Waals surface area contributed by atoms with Gasteiger partial charge < -0.3 is 15.1 Å². The summed E-state index contributed by atoms with van der Waals surface area (Å²) in [6.45, 7) is 10.5. The van der Waals surface area contributed by atoms with E-state index in [9.17, 15) is 9.59 Å². The second-order valence-electron chi connectivity index (χ2n) is 6.58. The van der Waals surface area contributed by atoms with Gasteiger partial charge in [0.05, 0.1) is 12.1 Å². The fraction of sp³-hybridized carbons (Fsp3) is 0.667. The van der Waals surface area contributed by atoms with Crippen LogP contribution in [0.15, 0.2) is 18.6 Å². The predicted molar refractivity (Wildman–Crippen MR) is 96.1 cm³/mol. The zero-order chi connectivity index (χ0) is 18.2. The summed E-state index contributed by atoms with van der Waals surface area (Å²) in [6.07, 6.45) is 6.53. The van der Waals surface area contributed by atoms with E-state index in [1.807, 2.05) is 6.92 Å². The Balaban J connectivity index is 1.67. The monoisotopic (exact) mass is 347 g/mol. The van der Waals surface area contributed by atoms with E-state index in [-0.39, 0.29) is 23.8 Å². The molecule has 0 radical (unpaired) electrons. The Morgan fingerprint density at radius 3 is 2.64 bits per heavy atom. The molecule has 1 saturated heterocycles. The van der Waals surface area contributed by atoms with Gasteiger partial charge >= 0.3 is 0 Å². The summed E-state index contributed by atoms with van der Waals surface area (Å²) in [5, 5.41) is 3.07. The molecule has 138 valence electrons. The molecule has 0 aromatic carbocycles. The summed E-state index contributed by atoms with van der Waals surface area (Å²) in [7, 11) is 0. The van der Waals surface area contributed by atoms with Gasteiger partial charge in [0.2, 0.25) is 5.91 Å². The van der Waals surface area contributed by atoms with E-state index in [0.717, 1.165) is 32.5 Å². The molecule has 1 atom stereocenters. The Bertz CT molecular complexity index is 556. The van der Waals surface area contributed by atoms with Crippen LogP contribution in [0.5, 0.6) is 0 Å². The summed E-state index contributed by atoms with van der Waals surface area (Å²) < 4.78 is 0. The molecule has 1 unspecified atom stereocenters. The van der Waals surface area contributed by atoms with E-state index in [1.54, 1.807) is 4.90 Å².